The smallest absolute Gasteiger partial charge is 0.253 e. The summed E-state index contributed by atoms with van der Waals surface area (Å²) in [6, 6.07) is 7.58. The number of carbonyl (C=O) groups excluding carboxylic acids is 1. The van der Waals surface area contributed by atoms with E-state index in [1.807, 2.05) is 38.1 Å². The Kier molecular flexibility index (Phi) is 3.48. The Hall–Kier alpha value is -1.35. The van der Waals surface area contributed by atoms with Crippen molar-refractivity contribution in [1.29, 1.82) is 0 Å². The standard InChI is InChI=1S/C14H19NO2/c1-10-3-5-12(6-4-10)14(17)15-8-7-11(2)13(16)9-15/h3-6,11,13,16H,7-9H2,1-2H3. The van der Waals surface area contributed by atoms with Crippen LogP contribution in [0.25, 0.3) is 0 Å². The van der Waals surface area contributed by atoms with Crippen molar-refractivity contribution in [2.45, 2.75) is 26.4 Å². The molecule has 1 aliphatic heterocycles. The SMILES string of the molecule is Cc1ccc(C(=O)N2CCC(C)C(O)C2)cc1. The molecule has 2 atom stereocenters. The van der Waals surface area contributed by atoms with Crippen LogP contribution in [-0.4, -0.2) is 35.1 Å². The fraction of sp³-hybridized carbons (Fsp3) is 0.500. The molecule has 0 aromatic heterocycles. The Labute approximate surface area is 102 Å². The highest BCUT2D eigenvalue weighted by atomic mass is 16.3. The first-order chi connectivity index (χ1) is 8.08. The number of amides is 1. The average Bonchev–Trinajstić information content (AvgIpc) is 2.33. The number of rotatable bonds is 1. The van der Waals surface area contributed by atoms with Crippen molar-refractivity contribution >= 4 is 5.91 Å². The largest absolute Gasteiger partial charge is 0.391 e. The molecule has 1 fully saturated rings. The Balaban J connectivity index is 2.08. The van der Waals surface area contributed by atoms with Gasteiger partial charge in [0.05, 0.1) is 6.10 Å². The summed E-state index contributed by atoms with van der Waals surface area (Å²) >= 11 is 0. The highest BCUT2D eigenvalue weighted by molar-refractivity contribution is 5.94. The number of aryl methyl sites for hydroxylation is 1. The number of nitrogens with zero attached hydrogens (tertiary/aromatic N) is 1. The van der Waals surface area contributed by atoms with Crippen molar-refractivity contribution in [3.8, 4) is 0 Å². The van der Waals surface area contributed by atoms with Gasteiger partial charge in [0.2, 0.25) is 0 Å². The molecule has 1 N–H and O–H groups in total. The molecule has 1 aromatic carbocycles. The third-order valence-corrected chi connectivity index (χ3v) is 3.50. The van der Waals surface area contributed by atoms with Crippen molar-refractivity contribution in [1.82, 2.24) is 4.90 Å². The van der Waals surface area contributed by atoms with E-state index in [1.54, 1.807) is 4.90 Å². The summed E-state index contributed by atoms with van der Waals surface area (Å²) in [6.07, 6.45) is 0.483. The Morgan fingerprint density at radius 2 is 2.00 bits per heavy atom. The molecule has 0 saturated carbocycles. The number of aliphatic hydroxyl groups is 1. The summed E-state index contributed by atoms with van der Waals surface area (Å²) in [5.74, 6) is 0.313. The van der Waals surface area contributed by atoms with E-state index in [0.29, 0.717) is 12.1 Å². The van der Waals surface area contributed by atoms with Crippen molar-refractivity contribution < 1.29 is 9.90 Å². The summed E-state index contributed by atoms with van der Waals surface area (Å²) in [5, 5.41) is 9.79. The molecule has 2 unspecified atom stereocenters. The number of likely N-dealkylation sites (tertiary alicyclic amines) is 1. The van der Waals surface area contributed by atoms with Crippen LogP contribution in [-0.2, 0) is 0 Å². The predicted octanol–water partition coefficient (Wildman–Crippen LogP) is 1.84. The van der Waals surface area contributed by atoms with E-state index >= 15 is 0 Å². The van der Waals surface area contributed by atoms with Gasteiger partial charge in [-0.1, -0.05) is 24.6 Å². The summed E-state index contributed by atoms with van der Waals surface area (Å²) in [7, 11) is 0. The molecule has 2 rings (SSSR count). The zero-order valence-corrected chi connectivity index (χ0v) is 10.4. The molecular weight excluding hydrogens is 214 g/mol. The van der Waals surface area contributed by atoms with E-state index < -0.39 is 6.10 Å². The molecule has 1 amide bonds. The van der Waals surface area contributed by atoms with Crippen LogP contribution in [0.5, 0.6) is 0 Å². The lowest BCUT2D eigenvalue weighted by Gasteiger charge is -2.34. The van der Waals surface area contributed by atoms with Crippen LogP contribution in [0.2, 0.25) is 0 Å². The van der Waals surface area contributed by atoms with E-state index in [1.165, 1.54) is 0 Å². The van der Waals surface area contributed by atoms with Crippen LogP contribution in [0.4, 0.5) is 0 Å². The Bertz CT molecular complexity index is 399. The van der Waals surface area contributed by atoms with Crippen LogP contribution in [0, 0.1) is 12.8 Å². The molecule has 3 nitrogen and oxygen atoms in total. The van der Waals surface area contributed by atoms with Gasteiger partial charge in [0.1, 0.15) is 0 Å². The van der Waals surface area contributed by atoms with Crippen LogP contribution >= 0.6 is 0 Å². The quantitative estimate of drug-likeness (QED) is 0.804. The van der Waals surface area contributed by atoms with Gasteiger partial charge in [0.15, 0.2) is 0 Å². The zero-order chi connectivity index (χ0) is 12.4. The van der Waals surface area contributed by atoms with E-state index in [9.17, 15) is 9.90 Å². The Morgan fingerprint density at radius 3 is 2.59 bits per heavy atom. The number of aliphatic hydroxyl groups excluding tert-OH is 1. The molecule has 1 saturated heterocycles. The molecule has 17 heavy (non-hydrogen) atoms. The lowest BCUT2D eigenvalue weighted by molar-refractivity contribution is 0.0248. The van der Waals surface area contributed by atoms with Gasteiger partial charge in [-0.05, 0) is 31.4 Å². The number of hydrogen-bond donors (Lipinski definition) is 1. The summed E-state index contributed by atoms with van der Waals surface area (Å²) in [6.45, 7) is 5.22. The van der Waals surface area contributed by atoms with Crippen LogP contribution in [0.1, 0.15) is 29.3 Å². The first-order valence-corrected chi connectivity index (χ1v) is 6.12. The van der Waals surface area contributed by atoms with Crippen molar-refractivity contribution in [3.63, 3.8) is 0 Å². The molecule has 0 radical (unpaired) electrons. The third-order valence-electron chi connectivity index (χ3n) is 3.50. The maximum Gasteiger partial charge on any atom is 0.253 e. The fourth-order valence-corrected chi connectivity index (χ4v) is 2.11. The van der Waals surface area contributed by atoms with Crippen LogP contribution in [0.15, 0.2) is 24.3 Å². The van der Waals surface area contributed by atoms with Gasteiger partial charge < -0.3 is 10.0 Å². The van der Waals surface area contributed by atoms with Gasteiger partial charge in [-0.15, -0.1) is 0 Å². The van der Waals surface area contributed by atoms with Gasteiger partial charge >= 0.3 is 0 Å². The molecule has 1 aliphatic rings. The second-order valence-corrected chi connectivity index (χ2v) is 4.95. The first kappa shape index (κ1) is 12.1. The second-order valence-electron chi connectivity index (χ2n) is 4.95. The monoisotopic (exact) mass is 233 g/mol. The van der Waals surface area contributed by atoms with Gasteiger partial charge in [0, 0.05) is 18.7 Å². The average molecular weight is 233 g/mol. The molecule has 0 aliphatic carbocycles. The molecule has 0 spiro atoms. The van der Waals surface area contributed by atoms with Crippen molar-refractivity contribution in [2.24, 2.45) is 5.92 Å². The molecule has 1 aromatic rings. The topological polar surface area (TPSA) is 40.5 Å². The lowest BCUT2D eigenvalue weighted by Crippen LogP contribution is -2.45. The molecule has 1 heterocycles. The van der Waals surface area contributed by atoms with Crippen LogP contribution in [0.3, 0.4) is 0 Å². The first-order valence-electron chi connectivity index (χ1n) is 6.12. The normalized spacial score (nSPS) is 24.8. The molecule has 0 bridgehead atoms. The second kappa shape index (κ2) is 4.88. The minimum atomic E-state index is -0.391. The maximum atomic E-state index is 12.2. The van der Waals surface area contributed by atoms with E-state index in [-0.39, 0.29) is 11.8 Å². The molecule has 3 heteroatoms. The number of piperidine rings is 1. The Morgan fingerprint density at radius 1 is 1.35 bits per heavy atom. The van der Waals surface area contributed by atoms with Gasteiger partial charge in [0.25, 0.3) is 5.91 Å². The zero-order valence-electron chi connectivity index (χ0n) is 10.4. The highest BCUT2D eigenvalue weighted by Gasteiger charge is 2.27. The van der Waals surface area contributed by atoms with Gasteiger partial charge in [-0.25, -0.2) is 0 Å². The van der Waals surface area contributed by atoms with Crippen molar-refractivity contribution in [3.05, 3.63) is 35.4 Å². The minimum Gasteiger partial charge on any atom is -0.391 e. The summed E-state index contributed by atoms with van der Waals surface area (Å²) in [4.78, 5) is 13.9. The fourth-order valence-electron chi connectivity index (χ4n) is 2.11. The number of hydrogen-bond acceptors (Lipinski definition) is 2. The van der Waals surface area contributed by atoms with E-state index in [4.69, 9.17) is 0 Å². The highest BCUT2D eigenvalue weighted by Crippen LogP contribution is 2.19. The van der Waals surface area contributed by atoms with E-state index in [2.05, 4.69) is 0 Å². The van der Waals surface area contributed by atoms with Gasteiger partial charge in [-0.2, -0.15) is 0 Å². The number of benzene rings is 1. The van der Waals surface area contributed by atoms with Crippen molar-refractivity contribution in [2.75, 3.05) is 13.1 Å². The summed E-state index contributed by atoms with van der Waals surface area (Å²) < 4.78 is 0. The number of carbonyl (C=O) groups is 1. The minimum absolute atomic E-state index is 0.0240. The van der Waals surface area contributed by atoms with Crippen LogP contribution < -0.4 is 0 Å². The molecular formula is C14H19NO2. The number of β-amino-alcohol motifs (C(OH)–C–C–N with tert-alkyl or cyclic N) is 1. The summed E-state index contributed by atoms with van der Waals surface area (Å²) in [5.41, 5.74) is 1.85. The third kappa shape index (κ3) is 2.67. The maximum absolute atomic E-state index is 12.2. The molecule has 92 valence electrons. The van der Waals surface area contributed by atoms with Gasteiger partial charge in [-0.3, -0.25) is 4.79 Å². The lowest BCUT2D eigenvalue weighted by atomic mass is 9.95. The predicted molar refractivity (Wildman–Crippen MR) is 66.9 cm³/mol. The van der Waals surface area contributed by atoms with E-state index in [0.717, 1.165) is 18.5 Å².